The summed E-state index contributed by atoms with van der Waals surface area (Å²) < 4.78 is 0. The van der Waals surface area contributed by atoms with E-state index in [1.165, 1.54) is 12.4 Å². The summed E-state index contributed by atoms with van der Waals surface area (Å²) in [5, 5.41) is 2.99. The molecule has 2 N–H and O–H groups in total. The van der Waals surface area contributed by atoms with Gasteiger partial charge in [0.1, 0.15) is 5.82 Å². The van der Waals surface area contributed by atoms with Crippen molar-refractivity contribution in [2.24, 2.45) is 0 Å². The van der Waals surface area contributed by atoms with Crippen molar-refractivity contribution in [3.05, 3.63) is 22.7 Å². The molecule has 0 saturated heterocycles. The summed E-state index contributed by atoms with van der Waals surface area (Å²) >= 11 is 0. The number of rotatable bonds is 3. The van der Waals surface area contributed by atoms with Crippen molar-refractivity contribution >= 4 is 5.82 Å². The maximum atomic E-state index is 10.8. The van der Waals surface area contributed by atoms with Gasteiger partial charge in [0.15, 0.2) is 0 Å². The predicted octanol–water partition coefficient (Wildman–Crippen LogP) is 0.595. The molecule has 13 heavy (non-hydrogen) atoms. The fourth-order valence-electron chi connectivity index (χ4n) is 0.843. The summed E-state index contributed by atoms with van der Waals surface area (Å²) in [5.41, 5.74) is -0.154. The normalized spacial score (nSPS) is 8.69. The summed E-state index contributed by atoms with van der Waals surface area (Å²) in [6.45, 7) is 2.50. The van der Waals surface area contributed by atoms with Gasteiger partial charge in [0.25, 0.3) is 5.56 Å². The standard InChI is InChI=1S/C9H11N3O/c1-2-3-4-5-10-8-6-9(13)12-7-11-8/h6-7H,4-5H2,1H3,(H2,10,11,12,13). The second-order valence-electron chi connectivity index (χ2n) is 2.40. The lowest BCUT2D eigenvalue weighted by Gasteiger charge is -2.00. The van der Waals surface area contributed by atoms with Crippen molar-refractivity contribution in [3.8, 4) is 11.8 Å². The van der Waals surface area contributed by atoms with E-state index >= 15 is 0 Å². The molecule has 1 rings (SSSR count). The van der Waals surface area contributed by atoms with Gasteiger partial charge in [0, 0.05) is 19.0 Å². The number of anilines is 1. The van der Waals surface area contributed by atoms with Crippen LogP contribution in [0.3, 0.4) is 0 Å². The van der Waals surface area contributed by atoms with Gasteiger partial charge in [-0.3, -0.25) is 4.79 Å². The zero-order chi connectivity index (χ0) is 9.52. The molecule has 4 nitrogen and oxygen atoms in total. The molecule has 1 aromatic rings. The molecule has 4 heteroatoms. The van der Waals surface area contributed by atoms with E-state index in [0.717, 1.165) is 6.42 Å². The molecule has 0 atom stereocenters. The van der Waals surface area contributed by atoms with Crippen LogP contribution in [0.2, 0.25) is 0 Å². The first-order valence-corrected chi connectivity index (χ1v) is 4.01. The lowest BCUT2D eigenvalue weighted by molar-refractivity contribution is 1.04. The highest BCUT2D eigenvalue weighted by Gasteiger charge is 1.91. The molecule has 0 saturated carbocycles. The average molecular weight is 177 g/mol. The molecule has 0 radical (unpaired) electrons. The number of nitrogens with zero attached hydrogens (tertiary/aromatic N) is 1. The number of aromatic amines is 1. The quantitative estimate of drug-likeness (QED) is 0.525. The van der Waals surface area contributed by atoms with Gasteiger partial charge in [-0.25, -0.2) is 4.98 Å². The summed E-state index contributed by atoms with van der Waals surface area (Å²) in [6.07, 6.45) is 2.13. The van der Waals surface area contributed by atoms with Gasteiger partial charge in [-0.15, -0.1) is 11.8 Å². The van der Waals surface area contributed by atoms with Crippen molar-refractivity contribution < 1.29 is 0 Å². The Kier molecular flexibility index (Phi) is 3.58. The molecular formula is C9H11N3O. The fraction of sp³-hybridized carbons (Fsp3) is 0.333. The molecule has 0 spiro atoms. The molecule has 0 amide bonds. The highest BCUT2D eigenvalue weighted by atomic mass is 16.1. The maximum Gasteiger partial charge on any atom is 0.252 e. The first kappa shape index (κ1) is 9.33. The van der Waals surface area contributed by atoms with E-state index in [-0.39, 0.29) is 5.56 Å². The number of nitrogens with one attached hydrogen (secondary N) is 2. The van der Waals surface area contributed by atoms with Gasteiger partial charge < -0.3 is 10.3 Å². The predicted molar refractivity (Wildman–Crippen MR) is 51.4 cm³/mol. The van der Waals surface area contributed by atoms with E-state index in [4.69, 9.17) is 0 Å². The maximum absolute atomic E-state index is 10.8. The summed E-state index contributed by atoms with van der Waals surface area (Å²) in [4.78, 5) is 17.2. The highest BCUT2D eigenvalue weighted by molar-refractivity contribution is 5.31. The molecule has 0 aromatic carbocycles. The third kappa shape index (κ3) is 3.43. The Bertz CT molecular complexity index is 372. The molecule has 0 aliphatic rings. The Hall–Kier alpha value is -1.76. The van der Waals surface area contributed by atoms with Crippen molar-refractivity contribution in [1.29, 1.82) is 0 Å². The molecule has 0 aliphatic carbocycles. The van der Waals surface area contributed by atoms with E-state index in [2.05, 4.69) is 27.1 Å². The van der Waals surface area contributed by atoms with Gasteiger partial charge in [0.2, 0.25) is 0 Å². The Morgan fingerprint density at radius 1 is 1.69 bits per heavy atom. The Morgan fingerprint density at radius 2 is 2.54 bits per heavy atom. The lowest BCUT2D eigenvalue weighted by Crippen LogP contribution is -2.09. The molecular weight excluding hydrogens is 166 g/mol. The molecule has 1 heterocycles. The van der Waals surface area contributed by atoms with Crippen LogP contribution in [0.25, 0.3) is 0 Å². The van der Waals surface area contributed by atoms with E-state index < -0.39 is 0 Å². The molecule has 0 aliphatic heterocycles. The molecule has 68 valence electrons. The van der Waals surface area contributed by atoms with Crippen LogP contribution in [-0.4, -0.2) is 16.5 Å². The number of H-pyrrole nitrogens is 1. The second-order valence-corrected chi connectivity index (χ2v) is 2.40. The van der Waals surface area contributed by atoms with E-state index in [1.807, 2.05) is 0 Å². The van der Waals surface area contributed by atoms with Gasteiger partial charge in [-0.1, -0.05) is 0 Å². The minimum absolute atomic E-state index is 0.154. The third-order valence-corrected chi connectivity index (χ3v) is 1.41. The zero-order valence-corrected chi connectivity index (χ0v) is 7.42. The van der Waals surface area contributed by atoms with E-state index in [9.17, 15) is 4.79 Å². The summed E-state index contributed by atoms with van der Waals surface area (Å²) in [6, 6.07) is 1.42. The minimum Gasteiger partial charge on any atom is -0.369 e. The Morgan fingerprint density at radius 3 is 3.23 bits per heavy atom. The van der Waals surface area contributed by atoms with Gasteiger partial charge in [-0.2, -0.15) is 0 Å². The van der Waals surface area contributed by atoms with Crippen LogP contribution in [-0.2, 0) is 0 Å². The van der Waals surface area contributed by atoms with E-state index in [1.54, 1.807) is 6.92 Å². The molecule has 0 unspecified atom stereocenters. The van der Waals surface area contributed by atoms with Gasteiger partial charge in [0.05, 0.1) is 6.33 Å². The van der Waals surface area contributed by atoms with Crippen LogP contribution in [0, 0.1) is 11.8 Å². The van der Waals surface area contributed by atoms with Crippen molar-refractivity contribution in [3.63, 3.8) is 0 Å². The van der Waals surface area contributed by atoms with Gasteiger partial charge in [-0.05, 0) is 6.92 Å². The third-order valence-electron chi connectivity index (χ3n) is 1.41. The fourth-order valence-corrected chi connectivity index (χ4v) is 0.843. The average Bonchev–Trinajstić information content (AvgIpc) is 2.13. The molecule has 1 aromatic heterocycles. The topological polar surface area (TPSA) is 57.8 Å². The molecule has 0 fully saturated rings. The summed E-state index contributed by atoms with van der Waals surface area (Å²) in [5.74, 6) is 6.28. The van der Waals surface area contributed by atoms with Crippen molar-refractivity contribution in [2.75, 3.05) is 11.9 Å². The van der Waals surface area contributed by atoms with Crippen LogP contribution < -0.4 is 10.9 Å². The first-order chi connectivity index (χ1) is 6.33. The van der Waals surface area contributed by atoms with Crippen LogP contribution >= 0.6 is 0 Å². The van der Waals surface area contributed by atoms with Crippen molar-refractivity contribution in [1.82, 2.24) is 9.97 Å². The molecule has 0 bridgehead atoms. The SMILES string of the molecule is CC#CCCNc1cc(=O)[nH]cn1. The first-order valence-electron chi connectivity index (χ1n) is 4.01. The number of hydrogen-bond donors (Lipinski definition) is 2. The smallest absolute Gasteiger partial charge is 0.252 e. The minimum atomic E-state index is -0.154. The highest BCUT2D eigenvalue weighted by Crippen LogP contribution is 1.93. The Labute approximate surface area is 76.4 Å². The van der Waals surface area contributed by atoms with Crippen LogP contribution in [0.1, 0.15) is 13.3 Å². The number of aromatic nitrogens is 2. The Balaban J connectivity index is 2.44. The van der Waals surface area contributed by atoms with Crippen molar-refractivity contribution in [2.45, 2.75) is 13.3 Å². The van der Waals surface area contributed by atoms with Crippen LogP contribution in [0.5, 0.6) is 0 Å². The zero-order valence-electron chi connectivity index (χ0n) is 7.42. The van der Waals surface area contributed by atoms with Crippen LogP contribution in [0.15, 0.2) is 17.2 Å². The summed E-state index contributed by atoms with van der Waals surface area (Å²) in [7, 11) is 0. The number of hydrogen-bond acceptors (Lipinski definition) is 3. The second kappa shape index (κ2) is 4.99. The largest absolute Gasteiger partial charge is 0.369 e. The van der Waals surface area contributed by atoms with Gasteiger partial charge >= 0.3 is 0 Å². The monoisotopic (exact) mass is 177 g/mol. The van der Waals surface area contributed by atoms with Crippen LogP contribution in [0.4, 0.5) is 5.82 Å². The van der Waals surface area contributed by atoms with E-state index in [0.29, 0.717) is 12.4 Å². The lowest BCUT2D eigenvalue weighted by atomic mass is 10.4.